The molecule has 0 atom stereocenters. The quantitative estimate of drug-likeness (QED) is 0.795. The van der Waals surface area contributed by atoms with E-state index >= 15 is 0 Å². The summed E-state index contributed by atoms with van der Waals surface area (Å²) in [6.45, 7) is 0.416. The number of rotatable bonds is 7. The standard InChI is InChI=1S/C16H17NO4S/c1-20-16(19)13-6-2-3-7-14(13)21-11-15(18)17-9-8-12-5-4-10-22-12/h2-7,10H,8-9,11H2,1H3,(H,17,18). The lowest BCUT2D eigenvalue weighted by Crippen LogP contribution is -2.30. The summed E-state index contributed by atoms with van der Waals surface area (Å²) in [5.74, 6) is -0.382. The topological polar surface area (TPSA) is 64.6 Å². The highest BCUT2D eigenvalue weighted by molar-refractivity contribution is 7.09. The molecule has 0 aliphatic rings. The zero-order valence-corrected chi connectivity index (χ0v) is 13.0. The molecule has 0 radical (unpaired) electrons. The molecule has 1 N–H and O–H groups in total. The average Bonchev–Trinajstić information content (AvgIpc) is 3.06. The van der Waals surface area contributed by atoms with Crippen LogP contribution in [0.15, 0.2) is 41.8 Å². The molecule has 0 spiro atoms. The highest BCUT2D eigenvalue weighted by atomic mass is 32.1. The smallest absolute Gasteiger partial charge is 0.341 e. The van der Waals surface area contributed by atoms with Crippen molar-refractivity contribution < 1.29 is 19.1 Å². The van der Waals surface area contributed by atoms with E-state index in [1.54, 1.807) is 35.6 Å². The van der Waals surface area contributed by atoms with Gasteiger partial charge in [0.15, 0.2) is 6.61 Å². The summed E-state index contributed by atoms with van der Waals surface area (Å²) >= 11 is 1.66. The molecule has 1 amide bonds. The lowest BCUT2D eigenvalue weighted by Gasteiger charge is -2.10. The Balaban J connectivity index is 1.80. The summed E-state index contributed by atoms with van der Waals surface area (Å²) in [7, 11) is 1.30. The van der Waals surface area contributed by atoms with Gasteiger partial charge in [-0.2, -0.15) is 0 Å². The van der Waals surface area contributed by atoms with Crippen LogP contribution in [0.3, 0.4) is 0 Å². The number of hydrogen-bond acceptors (Lipinski definition) is 5. The van der Waals surface area contributed by atoms with Gasteiger partial charge in [0.2, 0.25) is 0 Å². The third kappa shape index (κ3) is 4.60. The molecule has 0 aliphatic carbocycles. The molecule has 0 unspecified atom stereocenters. The zero-order valence-electron chi connectivity index (χ0n) is 12.2. The van der Waals surface area contributed by atoms with E-state index in [1.165, 1.54) is 12.0 Å². The summed E-state index contributed by atoms with van der Waals surface area (Å²) in [5.41, 5.74) is 0.302. The molecule has 0 saturated carbocycles. The number of benzene rings is 1. The molecule has 22 heavy (non-hydrogen) atoms. The molecular formula is C16H17NO4S. The van der Waals surface area contributed by atoms with Crippen LogP contribution < -0.4 is 10.1 Å². The van der Waals surface area contributed by atoms with Crippen LogP contribution in [0.2, 0.25) is 0 Å². The van der Waals surface area contributed by atoms with E-state index in [4.69, 9.17) is 4.74 Å². The van der Waals surface area contributed by atoms with E-state index in [0.29, 0.717) is 17.9 Å². The van der Waals surface area contributed by atoms with Crippen molar-refractivity contribution in [2.24, 2.45) is 0 Å². The Hall–Kier alpha value is -2.34. The van der Waals surface area contributed by atoms with Gasteiger partial charge in [-0.15, -0.1) is 11.3 Å². The van der Waals surface area contributed by atoms with Crippen LogP contribution in [0.5, 0.6) is 5.75 Å². The first-order valence-electron chi connectivity index (χ1n) is 6.80. The number of methoxy groups -OCH3 is 1. The number of amides is 1. The second-order valence-corrected chi connectivity index (χ2v) is 5.49. The first-order chi connectivity index (χ1) is 10.7. The predicted molar refractivity (Wildman–Crippen MR) is 84.3 cm³/mol. The van der Waals surface area contributed by atoms with Crippen LogP contribution in [0.25, 0.3) is 0 Å². The van der Waals surface area contributed by atoms with E-state index in [1.807, 2.05) is 17.5 Å². The Morgan fingerprint density at radius 1 is 1.18 bits per heavy atom. The van der Waals surface area contributed by atoms with Gasteiger partial charge in [-0.25, -0.2) is 4.79 Å². The number of nitrogens with one attached hydrogen (secondary N) is 1. The monoisotopic (exact) mass is 319 g/mol. The minimum atomic E-state index is -0.492. The normalized spacial score (nSPS) is 10.0. The Kier molecular flexibility index (Phi) is 5.97. The van der Waals surface area contributed by atoms with Crippen LogP contribution in [-0.4, -0.2) is 32.1 Å². The second-order valence-electron chi connectivity index (χ2n) is 4.46. The Morgan fingerprint density at radius 3 is 2.73 bits per heavy atom. The van der Waals surface area contributed by atoms with Crippen molar-refractivity contribution in [1.82, 2.24) is 5.32 Å². The molecule has 0 aliphatic heterocycles. The molecule has 0 bridgehead atoms. The van der Waals surface area contributed by atoms with Crippen molar-refractivity contribution in [3.63, 3.8) is 0 Å². The molecule has 1 aromatic carbocycles. The molecule has 0 fully saturated rings. The van der Waals surface area contributed by atoms with Gasteiger partial charge in [-0.1, -0.05) is 18.2 Å². The van der Waals surface area contributed by atoms with Crippen LogP contribution >= 0.6 is 11.3 Å². The SMILES string of the molecule is COC(=O)c1ccccc1OCC(=O)NCCc1cccs1. The van der Waals surface area contributed by atoms with Crippen molar-refractivity contribution in [1.29, 1.82) is 0 Å². The Morgan fingerprint density at radius 2 is 2.00 bits per heavy atom. The zero-order chi connectivity index (χ0) is 15.8. The number of carbonyl (C=O) groups excluding carboxylic acids is 2. The van der Waals surface area contributed by atoms with Crippen LogP contribution in [0, 0.1) is 0 Å². The average molecular weight is 319 g/mol. The van der Waals surface area contributed by atoms with Crippen molar-refractivity contribution in [2.45, 2.75) is 6.42 Å². The van der Waals surface area contributed by atoms with Gasteiger partial charge in [0.05, 0.1) is 7.11 Å². The van der Waals surface area contributed by atoms with Gasteiger partial charge in [-0.05, 0) is 30.0 Å². The van der Waals surface area contributed by atoms with Gasteiger partial charge < -0.3 is 14.8 Å². The molecule has 6 heteroatoms. The lowest BCUT2D eigenvalue weighted by molar-refractivity contribution is -0.123. The van der Waals surface area contributed by atoms with Crippen molar-refractivity contribution in [3.05, 3.63) is 52.2 Å². The summed E-state index contributed by atoms with van der Waals surface area (Å²) in [5, 5.41) is 4.78. The molecule has 5 nitrogen and oxygen atoms in total. The number of esters is 1. The van der Waals surface area contributed by atoms with Gasteiger partial charge in [0, 0.05) is 11.4 Å². The highest BCUT2D eigenvalue weighted by Crippen LogP contribution is 2.18. The number of para-hydroxylation sites is 1. The van der Waals surface area contributed by atoms with Gasteiger partial charge in [-0.3, -0.25) is 4.79 Å². The fraction of sp³-hybridized carbons (Fsp3) is 0.250. The molecule has 2 rings (SSSR count). The second kappa shape index (κ2) is 8.19. The fourth-order valence-corrected chi connectivity index (χ4v) is 2.55. The van der Waals surface area contributed by atoms with E-state index in [0.717, 1.165) is 6.42 Å². The van der Waals surface area contributed by atoms with Crippen LogP contribution in [-0.2, 0) is 16.0 Å². The van der Waals surface area contributed by atoms with Crippen LogP contribution in [0.1, 0.15) is 15.2 Å². The lowest BCUT2D eigenvalue weighted by atomic mass is 10.2. The van der Waals surface area contributed by atoms with Gasteiger partial charge in [0.25, 0.3) is 5.91 Å². The van der Waals surface area contributed by atoms with Crippen molar-refractivity contribution >= 4 is 23.2 Å². The number of thiophene rings is 1. The minimum Gasteiger partial charge on any atom is -0.483 e. The third-order valence-electron chi connectivity index (χ3n) is 2.92. The molecule has 2 aromatic rings. The molecule has 1 heterocycles. The maximum atomic E-state index is 11.7. The highest BCUT2D eigenvalue weighted by Gasteiger charge is 2.13. The number of hydrogen-bond donors (Lipinski definition) is 1. The first-order valence-corrected chi connectivity index (χ1v) is 7.68. The maximum Gasteiger partial charge on any atom is 0.341 e. The van der Waals surface area contributed by atoms with E-state index < -0.39 is 5.97 Å². The van der Waals surface area contributed by atoms with Crippen LogP contribution in [0.4, 0.5) is 0 Å². The van der Waals surface area contributed by atoms with Gasteiger partial charge in [0.1, 0.15) is 11.3 Å². The van der Waals surface area contributed by atoms with E-state index in [2.05, 4.69) is 10.1 Å². The fourth-order valence-electron chi connectivity index (χ4n) is 1.85. The minimum absolute atomic E-state index is 0.140. The van der Waals surface area contributed by atoms with Crippen molar-refractivity contribution in [3.8, 4) is 5.75 Å². The summed E-state index contributed by atoms with van der Waals surface area (Å²) in [6.07, 6.45) is 0.794. The van der Waals surface area contributed by atoms with E-state index in [-0.39, 0.29) is 12.5 Å². The third-order valence-corrected chi connectivity index (χ3v) is 3.86. The summed E-state index contributed by atoms with van der Waals surface area (Å²) in [6, 6.07) is 10.7. The molecule has 1 aromatic heterocycles. The van der Waals surface area contributed by atoms with E-state index in [9.17, 15) is 9.59 Å². The Bertz CT molecular complexity index is 625. The Labute approximate surface area is 132 Å². The molecule has 0 saturated heterocycles. The number of ether oxygens (including phenoxy) is 2. The van der Waals surface area contributed by atoms with Gasteiger partial charge >= 0.3 is 5.97 Å². The summed E-state index contributed by atoms with van der Waals surface area (Å²) < 4.78 is 10.1. The predicted octanol–water partition coefficient (Wildman–Crippen LogP) is 2.27. The molecule has 116 valence electrons. The number of carbonyl (C=O) groups is 2. The van der Waals surface area contributed by atoms with Crippen molar-refractivity contribution in [2.75, 3.05) is 20.3 Å². The summed E-state index contributed by atoms with van der Waals surface area (Å²) in [4.78, 5) is 24.5. The largest absolute Gasteiger partial charge is 0.483 e. The molecular weight excluding hydrogens is 302 g/mol. The first kappa shape index (κ1) is 16.0. The maximum absolute atomic E-state index is 11.7.